The molecule has 0 bridgehead atoms. The van der Waals surface area contributed by atoms with Crippen molar-refractivity contribution in [1.29, 1.82) is 5.41 Å². The molecule has 0 aliphatic heterocycles. The SMILES string of the molecule is N=C(Cc1c(F)ccc(F)c1F)c1ncccc1Nc1nc(N)c(-c2ccncc2)c(N)n1. The van der Waals surface area contributed by atoms with Crippen molar-refractivity contribution in [1.82, 2.24) is 19.9 Å². The van der Waals surface area contributed by atoms with Crippen LogP contribution in [0, 0.1) is 22.9 Å². The summed E-state index contributed by atoms with van der Waals surface area (Å²) in [6.45, 7) is 0. The van der Waals surface area contributed by atoms with Crippen molar-refractivity contribution in [2.24, 2.45) is 0 Å². The topological polar surface area (TPSA) is 139 Å². The van der Waals surface area contributed by atoms with Gasteiger partial charge in [-0.25, -0.2) is 13.2 Å². The highest BCUT2D eigenvalue weighted by atomic mass is 19.2. The van der Waals surface area contributed by atoms with Gasteiger partial charge in [-0.05, 0) is 42.0 Å². The van der Waals surface area contributed by atoms with E-state index in [0.717, 1.165) is 6.07 Å². The second kappa shape index (κ2) is 8.91. The van der Waals surface area contributed by atoms with Crippen molar-refractivity contribution < 1.29 is 13.2 Å². The van der Waals surface area contributed by atoms with Gasteiger partial charge in [0.15, 0.2) is 11.6 Å². The molecule has 4 rings (SSSR count). The number of benzene rings is 1. The number of anilines is 4. The van der Waals surface area contributed by atoms with E-state index in [1.54, 1.807) is 36.7 Å². The zero-order valence-electron chi connectivity index (χ0n) is 17.0. The Morgan fingerprint density at radius 2 is 1.58 bits per heavy atom. The van der Waals surface area contributed by atoms with Crippen molar-refractivity contribution in [3.63, 3.8) is 0 Å². The van der Waals surface area contributed by atoms with Crippen LogP contribution < -0.4 is 16.8 Å². The number of hydrogen-bond acceptors (Lipinski definition) is 8. The molecule has 4 aromatic rings. The van der Waals surface area contributed by atoms with E-state index in [0.29, 0.717) is 17.2 Å². The first-order valence-corrected chi connectivity index (χ1v) is 9.60. The quantitative estimate of drug-likeness (QED) is 0.258. The molecule has 0 aliphatic rings. The Bertz CT molecular complexity index is 1320. The molecule has 0 radical (unpaired) electrons. The second-order valence-corrected chi connectivity index (χ2v) is 6.93. The Kier molecular flexibility index (Phi) is 5.85. The van der Waals surface area contributed by atoms with Gasteiger partial charge in [0.05, 0.1) is 17.0 Å². The Hall–Kier alpha value is -4.54. The number of nitrogen functional groups attached to an aromatic ring is 2. The third-order valence-electron chi connectivity index (χ3n) is 4.77. The van der Waals surface area contributed by atoms with Gasteiger partial charge in [-0.1, -0.05) is 0 Å². The van der Waals surface area contributed by atoms with Crippen molar-refractivity contribution in [2.75, 3.05) is 16.8 Å². The van der Waals surface area contributed by atoms with Gasteiger partial charge in [0, 0.05) is 30.6 Å². The average molecular weight is 450 g/mol. The first-order valence-electron chi connectivity index (χ1n) is 9.60. The summed E-state index contributed by atoms with van der Waals surface area (Å²) in [5.41, 5.74) is 12.8. The molecule has 0 aliphatic carbocycles. The highest BCUT2D eigenvalue weighted by Crippen LogP contribution is 2.31. The van der Waals surface area contributed by atoms with Crippen LogP contribution in [0.25, 0.3) is 11.1 Å². The van der Waals surface area contributed by atoms with Crippen LogP contribution in [0.4, 0.5) is 36.4 Å². The summed E-state index contributed by atoms with van der Waals surface area (Å²) in [6, 6.07) is 8.07. The average Bonchev–Trinajstić information content (AvgIpc) is 2.80. The Balaban J connectivity index is 1.64. The smallest absolute Gasteiger partial charge is 0.231 e. The number of rotatable bonds is 6. The first kappa shape index (κ1) is 21.7. The number of aromatic nitrogens is 4. The number of hydrogen-bond donors (Lipinski definition) is 4. The minimum absolute atomic E-state index is 0.0352. The molecule has 6 N–H and O–H groups in total. The largest absolute Gasteiger partial charge is 0.383 e. The van der Waals surface area contributed by atoms with Crippen molar-refractivity contribution in [2.45, 2.75) is 6.42 Å². The maximum atomic E-state index is 14.1. The molecule has 0 amide bonds. The third kappa shape index (κ3) is 4.42. The number of nitrogens with zero attached hydrogens (tertiary/aromatic N) is 4. The zero-order chi connectivity index (χ0) is 23.5. The van der Waals surface area contributed by atoms with E-state index >= 15 is 0 Å². The summed E-state index contributed by atoms with van der Waals surface area (Å²) < 4.78 is 41.6. The lowest BCUT2D eigenvalue weighted by molar-refractivity contribution is 0.484. The standard InChI is InChI=1S/C22H17F3N8/c23-13-3-4-14(24)18(25)12(13)10-15(26)19-16(2-1-7-30-19)31-22-32-20(27)17(21(28)33-22)11-5-8-29-9-6-11/h1-9,26H,10H2,(H5,27,28,31,32,33). The van der Waals surface area contributed by atoms with Gasteiger partial charge in [-0.15, -0.1) is 0 Å². The van der Waals surface area contributed by atoms with E-state index in [1.165, 1.54) is 6.20 Å². The number of pyridine rings is 2. The zero-order valence-corrected chi connectivity index (χ0v) is 17.0. The predicted molar refractivity (Wildman–Crippen MR) is 118 cm³/mol. The maximum absolute atomic E-state index is 14.1. The van der Waals surface area contributed by atoms with E-state index in [9.17, 15) is 13.2 Å². The molecule has 11 heteroatoms. The molecule has 8 nitrogen and oxygen atoms in total. The van der Waals surface area contributed by atoms with Crippen LogP contribution in [0.3, 0.4) is 0 Å². The fourth-order valence-corrected chi connectivity index (χ4v) is 3.23. The molecule has 3 aromatic heterocycles. The van der Waals surface area contributed by atoms with Gasteiger partial charge >= 0.3 is 0 Å². The summed E-state index contributed by atoms with van der Waals surface area (Å²) in [4.78, 5) is 16.5. The van der Waals surface area contributed by atoms with Crippen molar-refractivity contribution in [3.8, 4) is 11.1 Å². The van der Waals surface area contributed by atoms with Crippen LogP contribution >= 0.6 is 0 Å². The molecule has 33 heavy (non-hydrogen) atoms. The number of nitrogens with two attached hydrogens (primary N) is 2. The normalized spacial score (nSPS) is 10.8. The number of halogens is 3. The van der Waals surface area contributed by atoms with Crippen LogP contribution in [0.2, 0.25) is 0 Å². The van der Waals surface area contributed by atoms with Gasteiger partial charge in [-0.2, -0.15) is 9.97 Å². The van der Waals surface area contributed by atoms with Crippen LogP contribution in [-0.4, -0.2) is 25.6 Å². The lowest BCUT2D eigenvalue weighted by Crippen LogP contribution is -2.13. The summed E-state index contributed by atoms with van der Waals surface area (Å²) in [5.74, 6) is -3.25. The summed E-state index contributed by atoms with van der Waals surface area (Å²) in [5, 5.41) is 11.2. The lowest BCUT2D eigenvalue weighted by Gasteiger charge is -2.14. The minimum Gasteiger partial charge on any atom is -0.383 e. The Morgan fingerprint density at radius 1 is 0.909 bits per heavy atom. The fourth-order valence-electron chi connectivity index (χ4n) is 3.23. The molecular weight excluding hydrogens is 433 g/mol. The van der Waals surface area contributed by atoms with Crippen molar-refractivity contribution >= 4 is 29.0 Å². The van der Waals surface area contributed by atoms with Crippen LogP contribution in [0.15, 0.2) is 55.0 Å². The molecule has 3 heterocycles. The molecule has 0 fully saturated rings. The molecule has 0 atom stereocenters. The van der Waals surface area contributed by atoms with E-state index in [4.69, 9.17) is 16.9 Å². The molecule has 0 saturated carbocycles. The van der Waals surface area contributed by atoms with E-state index in [2.05, 4.69) is 25.3 Å². The van der Waals surface area contributed by atoms with Crippen molar-refractivity contribution in [3.05, 3.63) is 83.7 Å². The van der Waals surface area contributed by atoms with Gasteiger partial charge < -0.3 is 22.2 Å². The van der Waals surface area contributed by atoms with Gasteiger partial charge in [0.1, 0.15) is 23.1 Å². The summed E-state index contributed by atoms with van der Waals surface area (Å²) in [7, 11) is 0. The Morgan fingerprint density at radius 3 is 2.27 bits per heavy atom. The van der Waals surface area contributed by atoms with Crippen LogP contribution in [0.1, 0.15) is 11.3 Å². The van der Waals surface area contributed by atoms with E-state index < -0.39 is 29.4 Å². The van der Waals surface area contributed by atoms with E-state index in [-0.39, 0.29) is 34.7 Å². The molecule has 0 unspecified atom stereocenters. The second-order valence-electron chi connectivity index (χ2n) is 6.93. The highest BCUT2D eigenvalue weighted by molar-refractivity contribution is 6.02. The summed E-state index contributed by atoms with van der Waals surface area (Å²) in [6.07, 6.45) is 4.05. The number of nitrogens with one attached hydrogen (secondary N) is 2. The lowest BCUT2D eigenvalue weighted by atomic mass is 10.0. The first-order chi connectivity index (χ1) is 15.8. The maximum Gasteiger partial charge on any atom is 0.231 e. The monoisotopic (exact) mass is 450 g/mol. The third-order valence-corrected chi connectivity index (χ3v) is 4.77. The highest BCUT2D eigenvalue weighted by Gasteiger charge is 2.19. The Labute approximate surface area is 186 Å². The molecule has 1 aromatic carbocycles. The molecular formula is C22H17F3N8. The molecule has 0 spiro atoms. The van der Waals surface area contributed by atoms with E-state index in [1.807, 2.05) is 0 Å². The molecule has 166 valence electrons. The van der Waals surface area contributed by atoms with Gasteiger partial charge in [0.25, 0.3) is 0 Å². The van der Waals surface area contributed by atoms with Gasteiger partial charge in [-0.3, -0.25) is 9.97 Å². The van der Waals surface area contributed by atoms with Crippen LogP contribution in [0.5, 0.6) is 0 Å². The predicted octanol–water partition coefficient (Wildman–Crippen LogP) is 3.87. The fraction of sp³-hybridized carbons (Fsp3) is 0.0455. The van der Waals surface area contributed by atoms with Crippen LogP contribution in [-0.2, 0) is 6.42 Å². The summed E-state index contributed by atoms with van der Waals surface area (Å²) >= 11 is 0. The minimum atomic E-state index is -1.35. The van der Waals surface area contributed by atoms with Gasteiger partial charge in [0.2, 0.25) is 5.95 Å². The molecule has 0 saturated heterocycles.